The lowest BCUT2D eigenvalue weighted by Crippen LogP contribution is -2.33. The summed E-state index contributed by atoms with van der Waals surface area (Å²) in [6.45, 7) is 4.99. The van der Waals surface area contributed by atoms with Crippen molar-refractivity contribution >= 4 is 19.7 Å². The third kappa shape index (κ3) is 5.27. The molecule has 0 aromatic carbocycles. The Morgan fingerprint density at radius 3 is 1.81 bits per heavy atom. The fraction of sp³-hybridized carbons (Fsp3) is 1.00. The van der Waals surface area contributed by atoms with Crippen LogP contribution in [0.25, 0.3) is 0 Å². The fourth-order valence-electron chi connectivity index (χ4n) is 0.948. The Labute approximate surface area is 98.2 Å². The average Bonchev–Trinajstić information content (AvgIpc) is 2.10. The molecule has 0 aromatic heterocycles. The highest BCUT2D eigenvalue weighted by molar-refractivity contribution is 7.95. The van der Waals surface area contributed by atoms with E-state index in [9.17, 15) is 16.8 Å². The van der Waals surface area contributed by atoms with E-state index in [-0.39, 0.29) is 17.3 Å². The van der Waals surface area contributed by atoms with E-state index >= 15 is 0 Å². The molecule has 0 radical (unpaired) electrons. The van der Waals surface area contributed by atoms with Crippen LogP contribution in [-0.4, -0.2) is 45.4 Å². The summed E-state index contributed by atoms with van der Waals surface area (Å²) in [4.78, 5) is 0. The van der Waals surface area contributed by atoms with Crippen molar-refractivity contribution in [2.24, 2.45) is 5.73 Å². The first-order chi connectivity index (χ1) is 7.02. The van der Waals surface area contributed by atoms with Gasteiger partial charge in [-0.3, -0.25) is 0 Å². The normalized spacial score (nSPS) is 14.0. The Balaban J connectivity index is 4.48. The molecule has 0 aliphatic rings. The fourth-order valence-corrected chi connectivity index (χ4v) is 4.26. The molecule has 2 N–H and O–H groups in total. The van der Waals surface area contributed by atoms with E-state index in [1.54, 1.807) is 20.8 Å². The highest BCUT2D eigenvalue weighted by atomic mass is 32.2. The standard InChI is InChI=1S/C9H21NO4S2/c1-9(2,3)16(13,14)8-7-15(11,12)6-4-5-10/h4-8,10H2,1-3H3. The van der Waals surface area contributed by atoms with Gasteiger partial charge in [-0.15, -0.1) is 0 Å². The molecule has 0 aliphatic carbocycles. The molecular formula is C9H21NO4S2. The van der Waals surface area contributed by atoms with Gasteiger partial charge in [0, 0.05) is 0 Å². The van der Waals surface area contributed by atoms with Gasteiger partial charge in [-0.05, 0) is 33.7 Å². The molecule has 0 amide bonds. The van der Waals surface area contributed by atoms with Crippen molar-refractivity contribution in [1.82, 2.24) is 0 Å². The lowest BCUT2D eigenvalue weighted by molar-refractivity contribution is 0.559. The lowest BCUT2D eigenvalue weighted by atomic mass is 10.3. The topological polar surface area (TPSA) is 94.3 Å². The van der Waals surface area contributed by atoms with E-state index in [4.69, 9.17) is 5.73 Å². The minimum absolute atomic E-state index is 0.0385. The summed E-state index contributed by atoms with van der Waals surface area (Å²) in [5, 5.41) is 0. The van der Waals surface area contributed by atoms with Crippen LogP contribution in [0.4, 0.5) is 0 Å². The molecule has 0 heterocycles. The summed E-state index contributed by atoms with van der Waals surface area (Å²) in [6.07, 6.45) is 0.373. The van der Waals surface area contributed by atoms with Gasteiger partial charge < -0.3 is 5.73 Å². The highest BCUT2D eigenvalue weighted by Crippen LogP contribution is 2.16. The molecule has 16 heavy (non-hydrogen) atoms. The maximum absolute atomic E-state index is 11.7. The van der Waals surface area contributed by atoms with Crippen molar-refractivity contribution in [3.05, 3.63) is 0 Å². The predicted molar refractivity (Wildman–Crippen MR) is 65.9 cm³/mol. The van der Waals surface area contributed by atoms with Crippen LogP contribution in [0.15, 0.2) is 0 Å². The number of hydrogen-bond donors (Lipinski definition) is 1. The largest absolute Gasteiger partial charge is 0.330 e. The zero-order valence-corrected chi connectivity index (χ0v) is 11.7. The second-order valence-corrected chi connectivity index (χ2v) is 9.89. The van der Waals surface area contributed by atoms with E-state index in [2.05, 4.69) is 0 Å². The molecule has 0 rings (SSSR count). The van der Waals surface area contributed by atoms with Crippen LogP contribution < -0.4 is 5.73 Å². The highest BCUT2D eigenvalue weighted by Gasteiger charge is 2.30. The van der Waals surface area contributed by atoms with Crippen molar-refractivity contribution in [2.75, 3.05) is 23.8 Å². The molecule has 7 heteroatoms. The summed E-state index contributed by atoms with van der Waals surface area (Å²) in [5.41, 5.74) is 5.20. The smallest absolute Gasteiger partial charge is 0.156 e. The predicted octanol–water partition coefficient (Wildman–Crippen LogP) is -0.0367. The molecule has 0 spiro atoms. The van der Waals surface area contributed by atoms with Gasteiger partial charge >= 0.3 is 0 Å². The van der Waals surface area contributed by atoms with Gasteiger partial charge in [0.2, 0.25) is 0 Å². The van der Waals surface area contributed by atoms with Crippen LogP contribution in [0.2, 0.25) is 0 Å². The third-order valence-electron chi connectivity index (χ3n) is 2.26. The molecule has 0 unspecified atom stereocenters. The molecule has 0 fully saturated rings. The van der Waals surface area contributed by atoms with Crippen molar-refractivity contribution in [1.29, 1.82) is 0 Å². The Morgan fingerprint density at radius 2 is 1.44 bits per heavy atom. The van der Waals surface area contributed by atoms with Gasteiger partial charge in [-0.25, -0.2) is 16.8 Å². The van der Waals surface area contributed by atoms with Crippen molar-refractivity contribution < 1.29 is 16.8 Å². The second-order valence-electron chi connectivity index (χ2n) is 4.73. The maximum atomic E-state index is 11.7. The quantitative estimate of drug-likeness (QED) is 0.731. The molecule has 0 aromatic rings. The zero-order valence-electron chi connectivity index (χ0n) is 10.1. The molecule has 0 bridgehead atoms. The Hall–Kier alpha value is -0.140. The summed E-state index contributed by atoms with van der Waals surface area (Å²) in [5.74, 6) is -0.667. The molecule has 0 atom stereocenters. The zero-order chi connectivity index (χ0) is 13.0. The van der Waals surface area contributed by atoms with Crippen molar-refractivity contribution in [2.45, 2.75) is 31.9 Å². The van der Waals surface area contributed by atoms with Gasteiger partial charge in [-0.2, -0.15) is 0 Å². The Kier molecular flexibility index (Phi) is 5.41. The number of nitrogens with two attached hydrogens (primary N) is 1. The van der Waals surface area contributed by atoms with Crippen LogP contribution in [0.1, 0.15) is 27.2 Å². The van der Waals surface area contributed by atoms with Gasteiger partial charge in [0.25, 0.3) is 0 Å². The lowest BCUT2D eigenvalue weighted by Gasteiger charge is -2.18. The van der Waals surface area contributed by atoms with Crippen LogP contribution in [-0.2, 0) is 19.7 Å². The van der Waals surface area contributed by atoms with E-state index < -0.39 is 24.4 Å². The SMILES string of the molecule is CC(C)(C)S(=O)(=O)CCS(=O)(=O)CCCN. The van der Waals surface area contributed by atoms with Gasteiger partial charge in [-0.1, -0.05) is 0 Å². The number of hydrogen-bond acceptors (Lipinski definition) is 5. The minimum atomic E-state index is -3.37. The molecule has 0 saturated heterocycles. The van der Waals surface area contributed by atoms with Crippen LogP contribution >= 0.6 is 0 Å². The summed E-state index contributed by atoms with van der Waals surface area (Å²) in [6, 6.07) is 0. The molecule has 98 valence electrons. The first-order valence-corrected chi connectivity index (χ1v) is 8.62. The van der Waals surface area contributed by atoms with E-state index in [1.807, 2.05) is 0 Å². The van der Waals surface area contributed by atoms with Gasteiger partial charge in [0.05, 0.1) is 22.0 Å². The summed E-state index contributed by atoms with van der Waals surface area (Å²) >= 11 is 0. The molecule has 0 saturated carbocycles. The van der Waals surface area contributed by atoms with Crippen molar-refractivity contribution in [3.63, 3.8) is 0 Å². The third-order valence-corrected chi connectivity index (χ3v) is 6.86. The summed E-state index contributed by atoms with van der Waals surface area (Å²) in [7, 11) is -6.66. The summed E-state index contributed by atoms with van der Waals surface area (Å²) < 4.78 is 45.3. The number of sulfone groups is 2. The average molecular weight is 271 g/mol. The van der Waals surface area contributed by atoms with Crippen molar-refractivity contribution in [3.8, 4) is 0 Å². The van der Waals surface area contributed by atoms with E-state index in [1.165, 1.54) is 0 Å². The maximum Gasteiger partial charge on any atom is 0.156 e. The monoisotopic (exact) mass is 271 g/mol. The Morgan fingerprint density at radius 1 is 0.938 bits per heavy atom. The van der Waals surface area contributed by atoms with Gasteiger partial charge in [0.1, 0.15) is 0 Å². The van der Waals surface area contributed by atoms with Crippen LogP contribution in [0.3, 0.4) is 0 Å². The van der Waals surface area contributed by atoms with E-state index in [0.29, 0.717) is 13.0 Å². The Bertz CT molecular complexity index is 403. The van der Waals surface area contributed by atoms with Gasteiger partial charge in [0.15, 0.2) is 19.7 Å². The van der Waals surface area contributed by atoms with Crippen LogP contribution in [0.5, 0.6) is 0 Å². The first-order valence-electron chi connectivity index (χ1n) is 5.15. The molecular weight excluding hydrogens is 250 g/mol. The van der Waals surface area contributed by atoms with Crippen LogP contribution in [0, 0.1) is 0 Å². The second kappa shape index (κ2) is 5.46. The number of rotatable bonds is 6. The molecule has 5 nitrogen and oxygen atoms in total. The molecule has 0 aliphatic heterocycles. The minimum Gasteiger partial charge on any atom is -0.330 e. The van der Waals surface area contributed by atoms with E-state index in [0.717, 1.165) is 0 Å². The first kappa shape index (κ1) is 15.9.